The number of aromatic amines is 1. The van der Waals surface area contributed by atoms with Crippen molar-refractivity contribution in [2.45, 2.75) is 11.8 Å². The third kappa shape index (κ3) is 4.42. The molecule has 0 saturated carbocycles. The van der Waals surface area contributed by atoms with E-state index in [-0.39, 0.29) is 10.8 Å². The summed E-state index contributed by atoms with van der Waals surface area (Å²) in [5.74, 6) is 0.0100. The Kier molecular flexibility index (Phi) is 5.39. The second-order valence-electron chi connectivity index (χ2n) is 6.59. The van der Waals surface area contributed by atoms with Gasteiger partial charge in [0.15, 0.2) is 5.82 Å². The van der Waals surface area contributed by atoms with Crippen molar-refractivity contribution in [1.29, 1.82) is 0 Å². The zero-order valence-corrected chi connectivity index (χ0v) is 17.5. The van der Waals surface area contributed by atoms with Crippen LogP contribution in [0.1, 0.15) is 15.9 Å². The number of hydrogen-bond acceptors (Lipinski definition) is 5. The maximum absolute atomic E-state index is 12.5. The Morgan fingerprint density at radius 1 is 1.03 bits per heavy atom. The lowest BCUT2D eigenvalue weighted by Gasteiger charge is -2.09. The van der Waals surface area contributed by atoms with Gasteiger partial charge in [-0.25, -0.2) is 8.42 Å². The number of hydrogen-bond donors (Lipinski definition) is 3. The Labute approximate surface area is 177 Å². The van der Waals surface area contributed by atoms with Crippen LogP contribution in [0.2, 0.25) is 0 Å². The molecule has 152 valence electrons. The van der Waals surface area contributed by atoms with E-state index in [1.54, 1.807) is 29.5 Å². The Morgan fingerprint density at radius 2 is 1.77 bits per heavy atom. The molecule has 0 bridgehead atoms. The highest BCUT2D eigenvalue weighted by Gasteiger charge is 2.16. The SMILES string of the molecule is Cc1ccc(NS(=O)(=O)c2ccc(C(=O)Nc3cc(-c4cccs4)[nH]n3)cc2)cc1. The summed E-state index contributed by atoms with van der Waals surface area (Å²) < 4.78 is 27.6. The topological polar surface area (TPSA) is 104 Å². The van der Waals surface area contributed by atoms with Crippen molar-refractivity contribution in [1.82, 2.24) is 10.2 Å². The highest BCUT2D eigenvalue weighted by molar-refractivity contribution is 7.92. The predicted octanol–water partition coefficient (Wildman–Crippen LogP) is 4.50. The van der Waals surface area contributed by atoms with Crippen molar-refractivity contribution in [2.75, 3.05) is 10.0 Å². The number of aryl methyl sites for hydroxylation is 1. The standard InChI is InChI=1S/C21H18N4O3S2/c1-14-4-8-16(9-5-14)25-30(27,28)17-10-6-15(7-11-17)21(26)22-20-13-18(23-24-20)19-3-2-12-29-19/h2-13,25H,1H3,(H2,22,23,24,26). The molecular weight excluding hydrogens is 420 g/mol. The van der Waals surface area contributed by atoms with Crippen LogP contribution < -0.4 is 10.0 Å². The van der Waals surface area contributed by atoms with Crippen LogP contribution in [0.15, 0.2) is 77.0 Å². The monoisotopic (exact) mass is 438 g/mol. The number of carbonyl (C=O) groups excluding carboxylic acids is 1. The number of carbonyl (C=O) groups is 1. The van der Waals surface area contributed by atoms with E-state index in [1.807, 2.05) is 36.6 Å². The molecule has 4 aromatic rings. The van der Waals surface area contributed by atoms with Crippen LogP contribution in [0.3, 0.4) is 0 Å². The lowest BCUT2D eigenvalue weighted by atomic mass is 10.2. The Hall–Kier alpha value is -3.43. The first-order chi connectivity index (χ1) is 14.4. The maximum atomic E-state index is 12.5. The normalized spacial score (nSPS) is 11.2. The van der Waals surface area contributed by atoms with Crippen LogP contribution >= 0.6 is 11.3 Å². The average Bonchev–Trinajstić information content (AvgIpc) is 3.41. The summed E-state index contributed by atoms with van der Waals surface area (Å²) in [6, 6.07) is 18.4. The highest BCUT2D eigenvalue weighted by Crippen LogP contribution is 2.24. The van der Waals surface area contributed by atoms with E-state index in [0.717, 1.165) is 16.1 Å². The maximum Gasteiger partial charge on any atom is 0.261 e. The molecule has 2 heterocycles. The summed E-state index contributed by atoms with van der Waals surface area (Å²) in [6.45, 7) is 1.92. The van der Waals surface area contributed by atoms with Gasteiger partial charge < -0.3 is 5.32 Å². The largest absolute Gasteiger partial charge is 0.305 e. The van der Waals surface area contributed by atoms with E-state index in [4.69, 9.17) is 0 Å². The molecular formula is C21H18N4O3S2. The quantitative estimate of drug-likeness (QED) is 0.412. The van der Waals surface area contributed by atoms with Gasteiger partial charge in [-0.1, -0.05) is 23.8 Å². The van der Waals surface area contributed by atoms with Gasteiger partial charge in [-0.05, 0) is 54.8 Å². The van der Waals surface area contributed by atoms with Crippen molar-refractivity contribution in [3.05, 3.63) is 83.2 Å². The molecule has 1 amide bonds. The van der Waals surface area contributed by atoms with Crippen LogP contribution in [-0.2, 0) is 10.0 Å². The molecule has 9 heteroatoms. The second-order valence-corrected chi connectivity index (χ2v) is 9.22. The lowest BCUT2D eigenvalue weighted by Crippen LogP contribution is -2.15. The van der Waals surface area contributed by atoms with Gasteiger partial charge >= 0.3 is 0 Å². The van der Waals surface area contributed by atoms with Gasteiger partial charge in [-0.15, -0.1) is 11.3 Å². The molecule has 7 nitrogen and oxygen atoms in total. The van der Waals surface area contributed by atoms with Gasteiger partial charge in [0.2, 0.25) is 0 Å². The molecule has 30 heavy (non-hydrogen) atoms. The number of nitrogens with zero attached hydrogens (tertiary/aromatic N) is 1. The minimum atomic E-state index is -3.75. The molecule has 0 unspecified atom stereocenters. The third-order valence-corrected chi connectivity index (χ3v) is 6.64. The van der Waals surface area contributed by atoms with Gasteiger partial charge in [0.1, 0.15) is 0 Å². The first-order valence-electron chi connectivity index (χ1n) is 9.01. The van der Waals surface area contributed by atoms with Crippen LogP contribution in [0, 0.1) is 6.92 Å². The summed E-state index contributed by atoms with van der Waals surface area (Å²) >= 11 is 1.56. The number of benzene rings is 2. The van der Waals surface area contributed by atoms with Gasteiger partial charge in [-0.2, -0.15) is 5.10 Å². The summed E-state index contributed by atoms with van der Waals surface area (Å²) in [5.41, 5.74) is 2.64. The number of aromatic nitrogens is 2. The fourth-order valence-corrected chi connectivity index (χ4v) is 4.50. The fourth-order valence-electron chi connectivity index (χ4n) is 2.75. The van der Waals surface area contributed by atoms with Crippen molar-refractivity contribution >= 4 is 38.8 Å². The minimum Gasteiger partial charge on any atom is -0.305 e. The summed E-state index contributed by atoms with van der Waals surface area (Å²) in [7, 11) is -3.75. The number of amides is 1. The molecule has 0 aliphatic carbocycles. The Morgan fingerprint density at radius 3 is 2.43 bits per heavy atom. The Balaban J connectivity index is 1.45. The number of thiophene rings is 1. The van der Waals surface area contributed by atoms with Crippen LogP contribution in [0.5, 0.6) is 0 Å². The van der Waals surface area contributed by atoms with Crippen molar-refractivity contribution < 1.29 is 13.2 Å². The lowest BCUT2D eigenvalue weighted by molar-refractivity contribution is 0.102. The summed E-state index contributed by atoms with van der Waals surface area (Å²) in [5, 5.41) is 11.6. The number of anilines is 2. The van der Waals surface area contributed by atoms with E-state index < -0.39 is 10.0 Å². The van der Waals surface area contributed by atoms with Crippen molar-refractivity contribution in [3.8, 4) is 10.6 Å². The Bertz CT molecular complexity index is 1260. The van der Waals surface area contributed by atoms with Crippen molar-refractivity contribution in [2.24, 2.45) is 0 Å². The minimum absolute atomic E-state index is 0.0689. The molecule has 0 aliphatic heterocycles. The molecule has 0 fully saturated rings. The van der Waals surface area contributed by atoms with E-state index in [0.29, 0.717) is 17.1 Å². The predicted molar refractivity (Wildman–Crippen MR) is 118 cm³/mol. The number of H-pyrrole nitrogens is 1. The van der Waals surface area contributed by atoms with Gasteiger partial charge in [0, 0.05) is 17.3 Å². The molecule has 2 aromatic carbocycles. The van der Waals surface area contributed by atoms with Gasteiger partial charge in [-0.3, -0.25) is 14.6 Å². The van der Waals surface area contributed by atoms with Crippen LogP contribution in [0.4, 0.5) is 11.5 Å². The molecule has 0 saturated heterocycles. The highest BCUT2D eigenvalue weighted by atomic mass is 32.2. The van der Waals surface area contributed by atoms with Crippen molar-refractivity contribution in [3.63, 3.8) is 0 Å². The fraction of sp³-hybridized carbons (Fsp3) is 0.0476. The number of nitrogens with one attached hydrogen (secondary N) is 3. The zero-order chi connectivity index (χ0) is 21.1. The molecule has 0 radical (unpaired) electrons. The first-order valence-corrected chi connectivity index (χ1v) is 11.4. The van der Waals surface area contributed by atoms with E-state index in [2.05, 4.69) is 20.2 Å². The third-order valence-electron chi connectivity index (χ3n) is 4.34. The zero-order valence-electron chi connectivity index (χ0n) is 15.9. The van der Waals surface area contributed by atoms with E-state index in [1.165, 1.54) is 24.3 Å². The molecule has 2 aromatic heterocycles. The molecule has 0 spiro atoms. The number of rotatable bonds is 6. The summed E-state index contributed by atoms with van der Waals surface area (Å²) in [4.78, 5) is 13.5. The number of sulfonamides is 1. The molecule has 0 atom stereocenters. The molecule has 4 rings (SSSR count). The van der Waals surface area contributed by atoms with Crippen LogP contribution in [0.25, 0.3) is 10.6 Å². The second kappa shape index (κ2) is 8.13. The van der Waals surface area contributed by atoms with Crippen LogP contribution in [-0.4, -0.2) is 24.5 Å². The average molecular weight is 439 g/mol. The first kappa shape index (κ1) is 19.9. The van der Waals surface area contributed by atoms with E-state index in [9.17, 15) is 13.2 Å². The smallest absolute Gasteiger partial charge is 0.261 e. The molecule has 3 N–H and O–H groups in total. The van der Waals surface area contributed by atoms with E-state index >= 15 is 0 Å². The van der Waals surface area contributed by atoms with Gasteiger partial charge in [0.05, 0.1) is 15.5 Å². The van der Waals surface area contributed by atoms with Gasteiger partial charge in [0.25, 0.3) is 15.9 Å². The summed E-state index contributed by atoms with van der Waals surface area (Å²) in [6.07, 6.45) is 0. The molecule has 0 aliphatic rings.